The standard InChI is InChI=1S/C15H14N2O5S/c1-16-10(14(19)17(15(16)23)7-13(18)20-2)5-9-3-4-11-12(6-9)22-8-21-11/h3-6H,7-8H2,1-2H3/b10-5-. The molecule has 0 spiro atoms. The number of fused-ring (bicyclic) bond motifs is 1. The molecular formula is C15H14N2O5S. The number of amides is 1. The second-order valence-corrected chi connectivity index (χ2v) is 5.32. The van der Waals surface area contributed by atoms with E-state index >= 15 is 0 Å². The molecule has 1 amide bonds. The summed E-state index contributed by atoms with van der Waals surface area (Å²) < 4.78 is 15.2. The number of hydrogen-bond acceptors (Lipinski definition) is 6. The average Bonchev–Trinajstić information content (AvgIpc) is 3.09. The van der Waals surface area contributed by atoms with Gasteiger partial charge in [0.1, 0.15) is 12.2 Å². The van der Waals surface area contributed by atoms with Crippen molar-refractivity contribution < 1.29 is 23.8 Å². The zero-order valence-electron chi connectivity index (χ0n) is 12.6. The van der Waals surface area contributed by atoms with Crippen LogP contribution in [-0.2, 0) is 14.3 Å². The Morgan fingerprint density at radius 1 is 1.39 bits per heavy atom. The number of carbonyl (C=O) groups is 2. The average molecular weight is 334 g/mol. The number of hydrogen-bond donors (Lipinski definition) is 0. The summed E-state index contributed by atoms with van der Waals surface area (Å²) in [6.45, 7) is -0.0256. The lowest BCUT2D eigenvalue weighted by molar-refractivity contribution is -0.143. The number of ether oxygens (including phenoxy) is 3. The van der Waals surface area contributed by atoms with E-state index in [4.69, 9.17) is 21.7 Å². The molecular weight excluding hydrogens is 320 g/mol. The Bertz CT molecular complexity index is 731. The summed E-state index contributed by atoms with van der Waals surface area (Å²) in [5.41, 5.74) is 1.14. The van der Waals surface area contributed by atoms with E-state index in [-0.39, 0.29) is 24.4 Å². The van der Waals surface area contributed by atoms with E-state index in [2.05, 4.69) is 4.74 Å². The van der Waals surface area contributed by atoms with E-state index in [0.717, 1.165) is 5.56 Å². The largest absolute Gasteiger partial charge is 0.468 e. The van der Waals surface area contributed by atoms with Gasteiger partial charge in [0.2, 0.25) is 6.79 Å². The molecule has 23 heavy (non-hydrogen) atoms. The summed E-state index contributed by atoms with van der Waals surface area (Å²) in [6, 6.07) is 5.37. The van der Waals surface area contributed by atoms with Gasteiger partial charge in [-0.15, -0.1) is 0 Å². The molecule has 7 nitrogen and oxygen atoms in total. The van der Waals surface area contributed by atoms with Gasteiger partial charge >= 0.3 is 5.97 Å². The van der Waals surface area contributed by atoms with Crippen molar-refractivity contribution >= 4 is 35.3 Å². The molecule has 3 rings (SSSR count). The maximum atomic E-state index is 12.5. The van der Waals surface area contributed by atoms with E-state index < -0.39 is 5.97 Å². The molecule has 0 bridgehead atoms. The van der Waals surface area contributed by atoms with E-state index in [0.29, 0.717) is 17.2 Å². The number of benzene rings is 1. The topological polar surface area (TPSA) is 68.3 Å². The maximum absolute atomic E-state index is 12.5. The summed E-state index contributed by atoms with van der Waals surface area (Å²) in [6.07, 6.45) is 1.69. The van der Waals surface area contributed by atoms with Gasteiger partial charge in [0, 0.05) is 7.05 Å². The van der Waals surface area contributed by atoms with Crippen molar-refractivity contribution in [1.82, 2.24) is 9.80 Å². The van der Waals surface area contributed by atoms with E-state index in [1.165, 1.54) is 12.0 Å². The Kier molecular flexibility index (Phi) is 3.91. The highest BCUT2D eigenvalue weighted by Gasteiger charge is 2.37. The molecule has 0 N–H and O–H groups in total. The van der Waals surface area contributed by atoms with E-state index in [9.17, 15) is 9.59 Å². The summed E-state index contributed by atoms with van der Waals surface area (Å²) in [4.78, 5) is 26.7. The summed E-state index contributed by atoms with van der Waals surface area (Å²) in [5.74, 6) is 0.418. The number of rotatable bonds is 3. The Morgan fingerprint density at radius 3 is 2.87 bits per heavy atom. The lowest BCUT2D eigenvalue weighted by atomic mass is 10.1. The number of nitrogens with zero attached hydrogens (tertiary/aromatic N) is 2. The summed E-state index contributed by atoms with van der Waals surface area (Å²) in [7, 11) is 2.94. The van der Waals surface area contributed by atoms with Gasteiger partial charge in [0.25, 0.3) is 5.91 Å². The van der Waals surface area contributed by atoms with Gasteiger partial charge in [-0.1, -0.05) is 6.07 Å². The fraction of sp³-hybridized carbons (Fsp3) is 0.267. The van der Waals surface area contributed by atoms with Crippen LogP contribution in [0.3, 0.4) is 0 Å². The van der Waals surface area contributed by atoms with Gasteiger partial charge in [0.05, 0.1) is 7.11 Å². The van der Waals surface area contributed by atoms with Crippen molar-refractivity contribution in [1.29, 1.82) is 0 Å². The molecule has 2 heterocycles. The van der Waals surface area contributed by atoms with Crippen LogP contribution in [0.4, 0.5) is 0 Å². The fourth-order valence-electron chi connectivity index (χ4n) is 2.31. The normalized spacial score (nSPS) is 18.1. The van der Waals surface area contributed by atoms with Crippen LogP contribution < -0.4 is 9.47 Å². The fourth-order valence-corrected chi connectivity index (χ4v) is 2.55. The van der Waals surface area contributed by atoms with Crippen LogP contribution in [0.5, 0.6) is 11.5 Å². The number of methoxy groups -OCH3 is 1. The second-order valence-electron chi connectivity index (χ2n) is 4.95. The Labute approximate surface area is 138 Å². The van der Waals surface area contributed by atoms with Crippen molar-refractivity contribution in [3.8, 4) is 11.5 Å². The van der Waals surface area contributed by atoms with Gasteiger partial charge < -0.3 is 19.1 Å². The van der Waals surface area contributed by atoms with Crippen LogP contribution >= 0.6 is 12.2 Å². The predicted molar refractivity (Wildman–Crippen MR) is 84.6 cm³/mol. The second kappa shape index (κ2) is 5.88. The smallest absolute Gasteiger partial charge is 0.325 e. The Balaban J connectivity index is 1.88. The minimum atomic E-state index is -0.529. The molecule has 1 aromatic carbocycles. The number of thiocarbonyl (C=S) groups is 1. The van der Waals surface area contributed by atoms with Crippen molar-refractivity contribution in [3.05, 3.63) is 29.5 Å². The molecule has 2 aliphatic heterocycles. The SMILES string of the molecule is COC(=O)CN1C(=O)/C(=C/c2ccc3c(c2)OCO3)N(C)C1=S. The summed E-state index contributed by atoms with van der Waals surface area (Å²) in [5, 5.41) is 0.257. The first-order chi connectivity index (χ1) is 11.0. The monoisotopic (exact) mass is 334 g/mol. The first-order valence-electron chi connectivity index (χ1n) is 6.79. The molecule has 0 radical (unpaired) electrons. The highest BCUT2D eigenvalue weighted by molar-refractivity contribution is 7.80. The van der Waals surface area contributed by atoms with Crippen LogP contribution in [0, 0.1) is 0 Å². The van der Waals surface area contributed by atoms with Crippen molar-refractivity contribution in [2.75, 3.05) is 27.5 Å². The van der Waals surface area contributed by atoms with Crippen molar-refractivity contribution in [3.63, 3.8) is 0 Å². The molecule has 0 unspecified atom stereocenters. The highest BCUT2D eigenvalue weighted by Crippen LogP contribution is 2.33. The summed E-state index contributed by atoms with van der Waals surface area (Å²) >= 11 is 5.22. The third kappa shape index (κ3) is 2.72. The first kappa shape index (κ1) is 15.3. The third-order valence-electron chi connectivity index (χ3n) is 3.56. The molecule has 1 saturated heterocycles. The lowest BCUT2D eigenvalue weighted by Gasteiger charge is -2.14. The molecule has 8 heteroatoms. The van der Waals surface area contributed by atoms with Crippen molar-refractivity contribution in [2.24, 2.45) is 0 Å². The van der Waals surface area contributed by atoms with Crippen LogP contribution in [0.2, 0.25) is 0 Å². The quantitative estimate of drug-likeness (QED) is 0.464. The first-order valence-corrected chi connectivity index (χ1v) is 7.20. The zero-order valence-corrected chi connectivity index (χ0v) is 13.4. The van der Waals surface area contributed by atoms with Gasteiger partial charge in [-0.25, -0.2) is 0 Å². The van der Waals surface area contributed by atoms with Crippen LogP contribution in [0.25, 0.3) is 6.08 Å². The van der Waals surface area contributed by atoms with Gasteiger partial charge in [-0.3, -0.25) is 14.5 Å². The maximum Gasteiger partial charge on any atom is 0.325 e. The van der Waals surface area contributed by atoms with E-state index in [1.54, 1.807) is 30.2 Å². The predicted octanol–water partition coefficient (Wildman–Crippen LogP) is 0.988. The number of carbonyl (C=O) groups excluding carboxylic acids is 2. The molecule has 0 saturated carbocycles. The Morgan fingerprint density at radius 2 is 2.13 bits per heavy atom. The van der Waals surface area contributed by atoms with Crippen LogP contribution in [0.15, 0.2) is 23.9 Å². The van der Waals surface area contributed by atoms with Crippen molar-refractivity contribution in [2.45, 2.75) is 0 Å². The minimum absolute atomic E-state index is 0.186. The number of esters is 1. The van der Waals surface area contributed by atoms with Gasteiger partial charge in [-0.2, -0.15) is 0 Å². The Hall–Kier alpha value is -2.61. The highest BCUT2D eigenvalue weighted by atomic mass is 32.1. The van der Waals surface area contributed by atoms with Gasteiger partial charge in [-0.05, 0) is 36.0 Å². The van der Waals surface area contributed by atoms with Crippen LogP contribution in [-0.4, -0.2) is 54.3 Å². The van der Waals surface area contributed by atoms with Crippen LogP contribution in [0.1, 0.15) is 5.56 Å². The minimum Gasteiger partial charge on any atom is -0.468 e. The molecule has 0 aromatic heterocycles. The lowest BCUT2D eigenvalue weighted by Crippen LogP contribution is -2.36. The van der Waals surface area contributed by atoms with E-state index in [1.807, 2.05) is 6.07 Å². The molecule has 2 aliphatic rings. The third-order valence-corrected chi connectivity index (χ3v) is 4.05. The molecule has 1 aromatic rings. The molecule has 120 valence electrons. The molecule has 0 atom stereocenters. The number of likely N-dealkylation sites (N-methyl/N-ethyl adjacent to an activating group) is 1. The zero-order chi connectivity index (χ0) is 16.6. The molecule has 0 aliphatic carbocycles. The molecule has 1 fully saturated rings. The van der Waals surface area contributed by atoms with Gasteiger partial charge in [0.15, 0.2) is 16.6 Å².